The molecule has 0 atom stereocenters. The number of amides is 1. The van der Waals surface area contributed by atoms with E-state index >= 15 is 0 Å². The second-order valence-electron chi connectivity index (χ2n) is 4.15. The van der Waals surface area contributed by atoms with Crippen LogP contribution >= 0.6 is 0 Å². The Balaban J connectivity index is 2.11. The van der Waals surface area contributed by atoms with Gasteiger partial charge in [-0.3, -0.25) is 9.59 Å². The number of hydrogen-bond acceptors (Lipinski definition) is 2. The van der Waals surface area contributed by atoms with Gasteiger partial charge in [0.15, 0.2) is 0 Å². The molecule has 0 bridgehead atoms. The molecule has 86 valence electrons. The van der Waals surface area contributed by atoms with E-state index in [9.17, 15) is 9.59 Å². The molecule has 0 aliphatic carbocycles. The molecule has 0 unspecified atom stereocenters. The van der Waals surface area contributed by atoms with E-state index in [1.807, 2.05) is 4.90 Å². The fraction of sp³-hybridized carbons (Fsp3) is 0.500. The smallest absolute Gasteiger partial charge is 0.255 e. The van der Waals surface area contributed by atoms with E-state index in [-0.39, 0.29) is 11.5 Å². The van der Waals surface area contributed by atoms with Crippen LogP contribution in [-0.2, 0) is 0 Å². The standard InChI is InChI=1S/C12H16N2O2/c15-11-6-5-10(9-13-11)12(16)14-7-3-1-2-4-8-14/h5-6,9H,1-4,7-8H2,(H,13,15). The number of nitrogens with one attached hydrogen (secondary N) is 1. The SMILES string of the molecule is O=C(c1ccc(=O)[nH]c1)N1CCCCCC1. The number of carbonyl (C=O) groups is 1. The van der Waals surface area contributed by atoms with E-state index < -0.39 is 0 Å². The lowest BCUT2D eigenvalue weighted by molar-refractivity contribution is 0.0761. The second kappa shape index (κ2) is 4.96. The lowest BCUT2D eigenvalue weighted by atomic mass is 10.2. The van der Waals surface area contributed by atoms with Gasteiger partial charge in [0.25, 0.3) is 5.91 Å². The van der Waals surface area contributed by atoms with Crippen molar-refractivity contribution < 1.29 is 4.79 Å². The van der Waals surface area contributed by atoms with Gasteiger partial charge in [0.1, 0.15) is 0 Å². The number of aromatic amines is 1. The van der Waals surface area contributed by atoms with Gasteiger partial charge in [0, 0.05) is 25.4 Å². The van der Waals surface area contributed by atoms with Crippen LogP contribution in [0.3, 0.4) is 0 Å². The molecule has 1 aromatic heterocycles. The number of pyridine rings is 1. The molecule has 1 fully saturated rings. The van der Waals surface area contributed by atoms with Crippen molar-refractivity contribution in [3.05, 3.63) is 34.2 Å². The molecule has 1 N–H and O–H groups in total. The molecule has 1 amide bonds. The number of rotatable bonds is 1. The minimum atomic E-state index is -0.174. The quantitative estimate of drug-likeness (QED) is 0.777. The summed E-state index contributed by atoms with van der Waals surface area (Å²) in [5, 5.41) is 0. The highest BCUT2D eigenvalue weighted by atomic mass is 16.2. The molecule has 2 rings (SSSR count). The van der Waals surface area contributed by atoms with E-state index in [1.165, 1.54) is 25.1 Å². The Morgan fingerprint density at radius 3 is 2.38 bits per heavy atom. The first kappa shape index (κ1) is 10.9. The van der Waals surface area contributed by atoms with E-state index in [2.05, 4.69) is 4.98 Å². The molecule has 16 heavy (non-hydrogen) atoms. The molecule has 1 aliphatic heterocycles. The van der Waals surface area contributed by atoms with E-state index in [1.54, 1.807) is 6.07 Å². The molecule has 0 radical (unpaired) electrons. The van der Waals surface area contributed by atoms with Crippen LogP contribution < -0.4 is 5.56 Å². The molecule has 0 spiro atoms. The third-order valence-corrected chi connectivity index (χ3v) is 2.92. The van der Waals surface area contributed by atoms with Gasteiger partial charge in [-0.05, 0) is 18.9 Å². The molecular weight excluding hydrogens is 204 g/mol. The van der Waals surface area contributed by atoms with Crippen molar-refractivity contribution in [3.63, 3.8) is 0 Å². The van der Waals surface area contributed by atoms with Crippen molar-refractivity contribution in [2.75, 3.05) is 13.1 Å². The largest absolute Gasteiger partial charge is 0.339 e. The number of aromatic nitrogens is 1. The fourth-order valence-corrected chi connectivity index (χ4v) is 2.00. The maximum absolute atomic E-state index is 12.1. The van der Waals surface area contributed by atoms with Crippen LogP contribution in [-0.4, -0.2) is 28.9 Å². The number of hydrogen-bond donors (Lipinski definition) is 1. The van der Waals surface area contributed by atoms with Crippen molar-refractivity contribution in [2.24, 2.45) is 0 Å². The summed E-state index contributed by atoms with van der Waals surface area (Å²) in [6.45, 7) is 1.66. The summed E-state index contributed by atoms with van der Waals surface area (Å²) in [6, 6.07) is 2.98. The number of carbonyl (C=O) groups excluding carboxylic acids is 1. The van der Waals surface area contributed by atoms with Crippen LogP contribution in [0.2, 0.25) is 0 Å². The zero-order valence-electron chi connectivity index (χ0n) is 9.24. The highest BCUT2D eigenvalue weighted by Crippen LogP contribution is 2.12. The third kappa shape index (κ3) is 2.51. The molecule has 1 aliphatic rings. The summed E-state index contributed by atoms with van der Waals surface area (Å²) in [6.07, 6.45) is 6.06. The maximum atomic E-state index is 12.1. The fourth-order valence-electron chi connectivity index (χ4n) is 2.00. The van der Waals surface area contributed by atoms with Gasteiger partial charge in [0.05, 0.1) is 5.56 Å². The number of likely N-dealkylation sites (tertiary alicyclic amines) is 1. The zero-order chi connectivity index (χ0) is 11.4. The van der Waals surface area contributed by atoms with Crippen LogP contribution in [0, 0.1) is 0 Å². The van der Waals surface area contributed by atoms with E-state index in [4.69, 9.17) is 0 Å². The van der Waals surface area contributed by atoms with Gasteiger partial charge < -0.3 is 9.88 Å². The molecule has 1 aromatic rings. The Bertz CT molecular complexity index is 397. The molecule has 0 aromatic carbocycles. The Morgan fingerprint density at radius 2 is 1.81 bits per heavy atom. The van der Waals surface area contributed by atoms with Gasteiger partial charge in [-0.1, -0.05) is 12.8 Å². The third-order valence-electron chi connectivity index (χ3n) is 2.92. The first-order valence-electron chi connectivity index (χ1n) is 5.75. The summed E-state index contributed by atoms with van der Waals surface area (Å²) in [5.74, 6) is 0.0261. The van der Waals surface area contributed by atoms with Crippen LogP contribution in [0.4, 0.5) is 0 Å². The van der Waals surface area contributed by atoms with Gasteiger partial charge in [-0.25, -0.2) is 0 Å². The summed E-state index contributed by atoms with van der Waals surface area (Å²) < 4.78 is 0. The summed E-state index contributed by atoms with van der Waals surface area (Å²) >= 11 is 0. The molecule has 4 nitrogen and oxygen atoms in total. The Kier molecular flexibility index (Phi) is 3.39. The summed E-state index contributed by atoms with van der Waals surface area (Å²) in [4.78, 5) is 27.4. The Morgan fingerprint density at radius 1 is 1.12 bits per heavy atom. The van der Waals surface area contributed by atoms with Crippen molar-refractivity contribution in [1.82, 2.24) is 9.88 Å². The number of H-pyrrole nitrogens is 1. The topological polar surface area (TPSA) is 53.2 Å². The van der Waals surface area contributed by atoms with Crippen molar-refractivity contribution >= 4 is 5.91 Å². The minimum absolute atomic E-state index is 0.0261. The van der Waals surface area contributed by atoms with Gasteiger partial charge in [-0.15, -0.1) is 0 Å². The first-order chi connectivity index (χ1) is 7.77. The average Bonchev–Trinajstić information content (AvgIpc) is 2.57. The normalized spacial score (nSPS) is 16.9. The molecular formula is C12H16N2O2. The van der Waals surface area contributed by atoms with Gasteiger partial charge >= 0.3 is 0 Å². The first-order valence-corrected chi connectivity index (χ1v) is 5.75. The molecule has 2 heterocycles. The summed E-state index contributed by atoms with van der Waals surface area (Å²) in [5.41, 5.74) is 0.397. The monoisotopic (exact) mass is 220 g/mol. The predicted molar refractivity (Wildman–Crippen MR) is 61.4 cm³/mol. The minimum Gasteiger partial charge on any atom is -0.339 e. The molecule has 4 heteroatoms. The Hall–Kier alpha value is -1.58. The molecule has 0 saturated carbocycles. The van der Waals surface area contributed by atoms with E-state index in [0.29, 0.717) is 5.56 Å². The predicted octanol–water partition coefficient (Wildman–Crippen LogP) is 1.39. The number of nitrogens with zero attached hydrogens (tertiary/aromatic N) is 1. The molecule has 1 saturated heterocycles. The van der Waals surface area contributed by atoms with Crippen LogP contribution in [0.15, 0.2) is 23.1 Å². The van der Waals surface area contributed by atoms with E-state index in [0.717, 1.165) is 25.9 Å². The zero-order valence-corrected chi connectivity index (χ0v) is 9.24. The maximum Gasteiger partial charge on any atom is 0.255 e. The van der Waals surface area contributed by atoms with Crippen LogP contribution in [0.1, 0.15) is 36.0 Å². The highest BCUT2D eigenvalue weighted by Gasteiger charge is 2.16. The summed E-state index contributed by atoms with van der Waals surface area (Å²) in [7, 11) is 0. The second-order valence-corrected chi connectivity index (χ2v) is 4.15. The van der Waals surface area contributed by atoms with Crippen molar-refractivity contribution in [3.8, 4) is 0 Å². The van der Waals surface area contributed by atoms with Crippen LogP contribution in [0.5, 0.6) is 0 Å². The van der Waals surface area contributed by atoms with Crippen molar-refractivity contribution in [2.45, 2.75) is 25.7 Å². The van der Waals surface area contributed by atoms with Gasteiger partial charge in [0.2, 0.25) is 5.56 Å². The van der Waals surface area contributed by atoms with Crippen molar-refractivity contribution in [1.29, 1.82) is 0 Å². The van der Waals surface area contributed by atoms with Gasteiger partial charge in [-0.2, -0.15) is 0 Å². The highest BCUT2D eigenvalue weighted by molar-refractivity contribution is 5.93. The Labute approximate surface area is 94.3 Å². The average molecular weight is 220 g/mol. The lowest BCUT2D eigenvalue weighted by Gasteiger charge is -2.19. The lowest BCUT2D eigenvalue weighted by Crippen LogP contribution is -2.32. The van der Waals surface area contributed by atoms with Crippen LogP contribution in [0.25, 0.3) is 0 Å².